The van der Waals surface area contributed by atoms with E-state index in [0.29, 0.717) is 30.7 Å². The molecule has 1 fully saturated rings. The van der Waals surface area contributed by atoms with Gasteiger partial charge in [-0.1, -0.05) is 0 Å². The van der Waals surface area contributed by atoms with Crippen molar-refractivity contribution >= 4 is 11.6 Å². The van der Waals surface area contributed by atoms with Crippen LogP contribution in [0, 0.1) is 13.8 Å². The summed E-state index contributed by atoms with van der Waals surface area (Å²) in [6, 6.07) is 3.86. The molecule has 6 nitrogen and oxygen atoms in total. The highest BCUT2D eigenvalue weighted by Crippen LogP contribution is 2.34. The van der Waals surface area contributed by atoms with E-state index < -0.39 is 6.36 Å². The first-order valence-corrected chi connectivity index (χ1v) is 9.62. The number of aromatic nitrogens is 2. The molecule has 1 unspecified atom stereocenters. The Hall–Kier alpha value is -2.55. The van der Waals surface area contributed by atoms with E-state index in [-0.39, 0.29) is 17.9 Å². The van der Waals surface area contributed by atoms with Crippen molar-refractivity contribution in [1.29, 1.82) is 0 Å². The summed E-state index contributed by atoms with van der Waals surface area (Å²) in [7, 11) is 0. The highest BCUT2D eigenvalue weighted by molar-refractivity contribution is 6.08. The second-order valence-electron chi connectivity index (χ2n) is 7.36. The lowest BCUT2D eigenvalue weighted by Gasteiger charge is -2.29. The lowest BCUT2D eigenvalue weighted by Crippen LogP contribution is -2.38. The number of fused-ring (bicyclic) bond motifs is 1. The second-order valence-corrected chi connectivity index (χ2v) is 7.36. The number of carbonyl (C=O) groups is 1. The monoisotopic (exact) mass is 409 g/mol. The largest absolute Gasteiger partial charge is 0.573 e. The van der Waals surface area contributed by atoms with Gasteiger partial charge in [-0.3, -0.25) is 4.79 Å². The number of hydrogen-bond acceptors (Lipinski definition) is 4. The normalized spacial score (nSPS) is 20.0. The van der Waals surface area contributed by atoms with Gasteiger partial charge in [0.25, 0.3) is 5.91 Å². The third kappa shape index (κ3) is 3.83. The van der Waals surface area contributed by atoms with Gasteiger partial charge in [0.05, 0.1) is 17.1 Å². The van der Waals surface area contributed by atoms with Gasteiger partial charge in [-0.2, -0.15) is 5.10 Å². The molecule has 156 valence electrons. The summed E-state index contributed by atoms with van der Waals surface area (Å²) in [4.78, 5) is 14.8. The first kappa shape index (κ1) is 19.8. The van der Waals surface area contributed by atoms with E-state index in [0.717, 1.165) is 36.3 Å². The molecular formula is C20H22F3N3O3. The summed E-state index contributed by atoms with van der Waals surface area (Å²) >= 11 is 0. The lowest BCUT2D eigenvalue weighted by molar-refractivity contribution is -0.274. The first-order valence-electron chi connectivity index (χ1n) is 9.62. The minimum Gasteiger partial charge on any atom is -0.406 e. The van der Waals surface area contributed by atoms with Crippen LogP contribution in [0.15, 0.2) is 18.2 Å². The van der Waals surface area contributed by atoms with Crippen molar-refractivity contribution in [3.05, 3.63) is 40.7 Å². The third-order valence-electron chi connectivity index (χ3n) is 5.38. The molecule has 0 N–H and O–H groups in total. The fraction of sp³-hybridized carbons (Fsp3) is 0.500. The zero-order chi connectivity index (χ0) is 20.8. The molecule has 1 aromatic heterocycles. The highest BCUT2D eigenvalue weighted by Gasteiger charge is 2.34. The van der Waals surface area contributed by atoms with Crippen molar-refractivity contribution < 1.29 is 27.4 Å². The molecule has 2 aliphatic rings. The van der Waals surface area contributed by atoms with E-state index in [1.165, 1.54) is 18.2 Å². The van der Waals surface area contributed by atoms with Gasteiger partial charge in [0, 0.05) is 18.7 Å². The lowest BCUT2D eigenvalue weighted by atomic mass is 9.98. The maximum Gasteiger partial charge on any atom is 0.573 e. The molecule has 1 atom stereocenters. The topological polar surface area (TPSA) is 56.6 Å². The summed E-state index contributed by atoms with van der Waals surface area (Å²) in [5.41, 5.74) is 3.25. The van der Waals surface area contributed by atoms with Crippen LogP contribution in [0.2, 0.25) is 0 Å². The summed E-state index contributed by atoms with van der Waals surface area (Å²) < 4.78 is 49.0. The molecule has 1 saturated heterocycles. The van der Waals surface area contributed by atoms with Crippen LogP contribution in [-0.4, -0.2) is 35.2 Å². The predicted molar refractivity (Wildman–Crippen MR) is 99.0 cm³/mol. The first-order chi connectivity index (χ1) is 13.7. The van der Waals surface area contributed by atoms with Gasteiger partial charge in [0.1, 0.15) is 5.75 Å². The second kappa shape index (κ2) is 7.37. The number of alkyl halides is 3. The number of halogens is 3. The average Bonchev–Trinajstić information content (AvgIpc) is 2.96. The van der Waals surface area contributed by atoms with Gasteiger partial charge in [-0.15, -0.1) is 13.2 Å². The van der Waals surface area contributed by atoms with Crippen LogP contribution in [0.3, 0.4) is 0 Å². The predicted octanol–water partition coefficient (Wildman–Crippen LogP) is 4.30. The third-order valence-corrected chi connectivity index (χ3v) is 5.38. The smallest absolute Gasteiger partial charge is 0.406 e. The minimum atomic E-state index is -4.76. The Morgan fingerprint density at radius 2 is 2.03 bits per heavy atom. The maximum atomic E-state index is 13.1. The van der Waals surface area contributed by atoms with E-state index in [2.05, 4.69) is 9.84 Å². The van der Waals surface area contributed by atoms with Gasteiger partial charge in [-0.05, 0) is 63.3 Å². The van der Waals surface area contributed by atoms with Crippen molar-refractivity contribution in [3.8, 4) is 5.75 Å². The number of benzene rings is 1. The van der Waals surface area contributed by atoms with Crippen LogP contribution in [-0.2, 0) is 11.2 Å². The molecule has 2 aliphatic heterocycles. The molecule has 2 aromatic rings. The van der Waals surface area contributed by atoms with Crippen molar-refractivity contribution in [3.63, 3.8) is 0 Å². The molecule has 9 heteroatoms. The van der Waals surface area contributed by atoms with Gasteiger partial charge >= 0.3 is 6.36 Å². The van der Waals surface area contributed by atoms with Gasteiger partial charge < -0.3 is 14.4 Å². The number of aryl methyl sites for hydroxylation is 1. The Labute approximate surface area is 166 Å². The Morgan fingerprint density at radius 3 is 2.72 bits per heavy atom. The maximum absolute atomic E-state index is 13.1. The number of hydrogen-bond donors (Lipinski definition) is 0. The van der Waals surface area contributed by atoms with Crippen molar-refractivity contribution in [2.24, 2.45) is 0 Å². The van der Waals surface area contributed by atoms with Gasteiger partial charge in [0.15, 0.2) is 6.23 Å². The zero-order valence-corrected chi connectivity index (χ0v) is 16.3. The summed E-state index contributed by atoms with van der Waals surface area (Å²) in [6.45, 7) is 4.82. The molecule has 0 aliphatic carbocycles. The van der Waals surface area contributed by atoms with E-state index in [1.807, 2.05) is 18.5 Å². The molecule has 4 rings (SSSR count). The zero-order valence-electron chi connectivity index (χ0n) is 16.3. The van der Waals surface area contributed by atoms with Crippen LogP contribution in [0.1, 0.15) is 52.8 Å². The number of amides is 1. The molecule has 0 saturated carbocycles. The molecule has 1 aromatic carbocycles. The van der Waals surface area contributed by atoms with E-state index >= 15 is 0 Å². The Morgan fingerprint density at radius 1 is 1.24 bits per heavy atom. The fourth-order valence-electron chi connectivity index (χ4n) is 4.12. The molecule has 0 spiro atoms. The average molecular weight is 409 g/mol. The summed E-state index contributed by atoms with van der Waals surface area (Å²) in [5.74, 6) is -0.563. The molecular weight excluding hydrogens is 387 g/mol. The molecule has 0 radical (unpaired) electrons. The van der Waals surface area contributed by atoms with Crippen molar-refractivity contribution in [2.75, 3.05) is 18.1 Å². The number of nitrogens with zero attached hydrogens (tertiary/aromatic N) is 3. The van der Waals surface area contributed by atoms with Crippen molar-refractivity contribution in [2.45, 2.75) is 52.1 Å². The molecule has 3 heterocycles. The number of rotatable bonds is 3. The van der Waals surface area contributed by atoms with E-state index in [4.69, 9.17) is 4.74 Å². The quantitative estimate of drug-likeness (QED) is 0.759. The number of anilines is 1. The van der Waals surface area contributed by atoms with E-state index in [9.17, 15) is 18.0 Å². The van der Waals surface area contributed by atoms with Crippen LogP contribution in [0.4, 0.5) is 18.9 Å². The van der Waals surface area contributed by atoms with Crippen LogP contribution >= 0.6 is 0 Å². The fourth-order valence-corrected chi connectivity index (χ4v) is 4.12. The summed E-state index contributed by atoms with van der Waals surface area (Å²) in [6.07, 6.45) is -1.49. The van der Waals surface area contributed by atoms with E-state index in [1.54, 1.807) is 4.90 Å². The Bertz CT molecular complexity index is 933. The number of carbonyl (C=O) groups excluding carboxylic acids is 1. The standard InChI is InChI=1S/C20H22F3N3O3/c1-12-18(13(2)26(24-12)17-5-3-4-10-28-17)25-9-8-14-11-15(29-20(21,22)23)6-7-16(14)19(25)27/h6-7,11,17H,3-5,8-10H2,1-2H3. The van der Waals surface area contributed by atoms with Gasteiger partial charge in [0.2, 0.25) is 0 Å². The Balaban J connectivity index is 1.62. The molecule has 0 bridgehead atoms. The Kier molecular flexibility index (Phi) is 5.02. The molecule has 29 heavy (non-hydrogen) atoms. The molecule has 1 amide bonds. The van der Waals surface area contributed by atoms with Crippen LogP contribution < -0.4 is 9.64 Å². The van der Waals surface area contributed by atoms with Crippen LogP contribution in [0.5, 0.6) is 5.75 Å². The van der Waals surface area contributed by atoms with Crippen LogP contribution in [0.25, 0.3) is 0 Å². The number of ether oxygens (including phenoxy) is 2. The van der Waals surface area contributed by atoms with Gasteiger partial charge in [-0.25, -0.2) is 4.68 Å². The minimum absolute atomic E-state index is 0.134. The SMILES string of the molecule is Cc1nn(C2CCCCO2)c(C)c1N1CCc2cc(OC(F)(F)F)ccc2C1=O. The summed E-state index contributed by atoms with van der Waals surface area (Å²) in [5, 5.41) is 4.61. The highest BCUT2D eigenvalue weighted by atomic mass is 19.4. The van der Waals surface area contributed by atoms with Crippen molar-refractivity contribution in [1.82, 2.24) is 9.78 Å².